The molecule has 0 bridgehead atoms. The van der Waals surface area contributed by atoms with E-state index in [1.165, 1.54) is 0 Å². The second-order valence-corrected chi connectivity index (χ2v) is 4.73. The van der Waals surface area contributed by atoms with Crippen molar-refractivity contribution in [2.45, 2.75) is 26.4 Å². The Balaban J connectivity index is 2.11. The summed E-state index contributed by atoms with van der Waals surface area (Å²) in [7, 11) is 0. The van der Waals surface area contributed by atoms with Crippen LogP contribution in [0.4, 0.5) is 5.69 Å². The molecule has 0 aliphatic carbocycles. The molecule has 1 aliphatic rings. The third-order valence-corrected chi connectivity index (χ3v) is 2.88. The van der Waals surface area contributed by atoms with Gasteiger partial charge in [0.2, 0.25) is 5.91 Å². The smallest absolute Gasteiger partial charge is 0.228 e. The molecule has 1 heterocycles. The highest BCUT2D eigenvalue weighted by Gasteiger charge is 2.29. The van der Waals surface area contributed by atoms with Gasteiger partial charge in [-0.3, -0.25) is 4.79 Å². The van der Waals surface area contributed by atoms with E-state index in [9.17, 15) is 4.79 Å². The Morgan fingerprint density at radius 1 is 1.39 bits per heavy atom. The molecule has 94 valence electrons. The van der Waals surface area contributed by atoms with Crippen LogP contribution in [0.1, 0.15) is 20.3 Å². The van der Waals surface area contributed by atoms with E-state index in [0.717, 1.165) is 11.4 Å². The van der Waals surface area contributed by atoms with Gasteiger partial charge in [-0.15, -0.1) is 12.3 Å². The Kier molecular flexibility index (Phi) is 3.57. The minimum atomic E-state index is 0.0316. The lowest BCUT2D eigenvalue weighted by atomic mass is 10.1. The first kappa shape index (κ1) is 12.5. The van der Waals surface area contributed by atoms with Crippen molar-refractivity contribution in [2.24, 2.45) is 5.92 Å². The molecule has 18 heavy (non-hydrogen) atoms. The van der Waals surface area contributed by atoms with E-state index in [0.29, 0.717) is 13.0 Å². The molecular formula is C15H17NO2. The fourth-order valence-electron chi connectivity index (χ4n) is 2.05. The van der Waals surface area contributed by atoms with Crippen LogP contribution < -0.4 is 9.64 Å². The van der Waals surface area contributed by atoms with E-state index in [4.69, 9.17) is 11.2 Å². The number of terminal acetylenes is 1. The van der Waals surface area contributed by atoms with Crippen molar-refractivity contribution in [1.29, 1.82) is 0 Å². The molecule has 2 rings (SSSR count). The molecule has 3 heteroatoms. The summed E-state index contributed by atoms with van der Waals surface area (Å²) < 4.78 is 5.57. The number of benzene rings is 1. The topological polar surface area (TPSA) is 29.5 Å². The number of hydrogen-bond donors (Lipinski definition) is 0. The summed E-state index contributed by atoms with van der Waals surface area (Å²) in [6.07, 6.45) is 5.96. The molecule has 3 nitrogen and oxygen atoms in total. The number of hydrogen-bond acceptors (Lipinski definition) is 2. The molecule has 0 radical (unpaired) electrons. The second-order valence-electron chi connectivity index (χ2n) is 4.73. The van der Waals surface area contributed by atoms with E-state index in [-0.39, 0.29) is 17.9 Å². The fourth-order valence-corrected chi connectivity index (χ4v) is 2.05. The maximum Gasteiger partial charge on any atom is 0.228 e. The minimum Gasteiger partial charge on any atom is -0.491 e. The van der Waals surface area contributed by atoms with Crippen molar-refractivity contribution in [2.75, 3.05) is 11.4 Å². The molecule has 1 aromatic carbocycles. The van der Waals surface area contributed by atoms with Crippen molar-refractivity contribution < 1.29 is 9.53 Å². The van der Waals surface area contributed by atoms with E-state index < -0.39 is 0 Å². The highest BCUT2D eigenvalue weighted by Crippen LogP contribution is 2.26. The maximum atomic E-state index is 11.8. The highest BCUT2D eigenvalue weighted by molar-refractivity contribution is 5.96. The maximum absolute atomic E-state index is 11.8. The van der Waals surface area contributed by atoms with Gasteiger partial charge in [-0.2, -0.15) is 0 Å². The van der Waals surface area contributed by atoms with Gasteiger partial charge in [-0.05, 0) is 38.1 Å². The lowest BCUT2D eigenvalue weighted by Crippen LogP contribution is -2.24. The Labute approximate surface area is 108 Å². The first-order valence-corrected chi connectivity index (χ1v) is 6.13. The molecule has 1 atom stereocenters. The average molecular weight is 243 g/mol. The number of anilines is 1. The van der Waals surface area contributed by atoms with Crippen LogP contribution >= 0.6 is 0 Å². The van der Waals surface area contributed by atoms with Crippen molar-refractivity contribution in [1.82, 2.24) is 0 Å². The standard InChI is InChI=1S/C15H17NO2/c1-4-12-9-15(17)16(10-12)13-5-7-14(8-6-13)18-11(2)3/h1,5-8,11-12H,9-10H2,2-3H3. The Morgan fingerprint density at radius 2 is 2.06 bits per heavy atom. The molecule has 0 aromatic heterocycles. The Bertz CT molecular complexity index is 470. The number of nitrogens with zero attached hydrogens (tertiary/aromatic N) is 1. The summed E-state index contributed by atoms with van der Waals surface area (Å²) in [5, 5.41) is 0. The largest absolute Gasteiger partial charge is 0.491 e. The predicted octanol–water partition coefficient (Wildman–Crippen LogP) is 2.46. The predicted molar refractivity (Wildman–Crippen MR) is 71.5 cm³/mol. The highest BCUT2D eigenvalue weighted by atomic mass is 16.5. The van der Waals surface area contributed by atoms with Crippen molar-refractivity contribution in [3.63, 3.8) is 0 Å². The monoisotopic (exact) mass is 243 g/mol. The SMILES string of the molecule is C#CC1CC(=O)N(c2ccc(OC(C)C)cc2)C1. The van der Waals surface area contributed by atoms with Crippen molar-refractivity contribution in [3.8, 4) is 18.1 Å². The van der Waals surface area contributed by atoms with E-state index in [1.807, 2.05) is 38.1 Å². The number of carbonyl (C=O) groups excluding carboxylic acids is 1. The molecule has 1 unspecified atom stereocenters. The summed E-state index contributed by atoms with van der Waals surface area (Å²) in [5.41, 5.74) is 0.883. The van der Waals surface area contributed by atoms with Gasteiger partial charge in [0, 0.05) is 24.6 Å². The number of rotatable bonds is 3. The van der Waals surface area contributed by atoms with Gasteiger partial charge in [-0.25, -0.2) is 0 Å². The van der Waals surface area contributed by atoms with Crippen LogP contribution in [-0.2, 0) is 4.79 Å². The van der Waals surface area contributed by atoms with Crippen LogP contribution in [0.25, 0.3) is 0 Å². The number of amides is 1. The minimum absolute atomic E-state index is 0.0316. The Morgan fingerprint density at radius 3 is 2.56 bits per heavy atom. The van der Waals surface area contributed by atoms with Crippen LogP contribution in [0, 0.1) is 18.3 Å². The Hall–Kier alpha value is -1.95. The normalized spacial score (nSPS) is 19.1. The molecule has 1 amide bonds. The molecular weight excluding hydrogens is 226 g/mol. The van der Waals surface area contributed by atoms with Crippen molar-refractivity contribution >= 4 is 11.6 Å². The first-order valence-electron chi connectivity index (χ1n) is 6.13. The van der Waals surface area contributed by atoms with Crippen molar-refractivity contribution in [3.05, 3.63) is 24.3 Å². The van der Waals surface area contributed by atoms with Crippen LogP contribution in [0.5, 0.6) is 5.75 Å². The molecule has 0 saturated carbocycles. The van der Waals surface area contributed by atoms with Gasteiger partial charge >= 0.3 is 0 Å². The third kappa shape index (κ3) is 2.65. The van der Waals surface area contributed by atoms with E-state index in [1.54, 1.807) is 4.90 Å². The molecule has 1 saturated heterocycles. The van der Waals surface area contributed by atoms with Gasteiger partial charge in [0.15, 0.2) is 0 Å². The van der Waals surface area contributed by atoms with E-state index in [2.05, 4.69) is 5.92 Å². The average Bonchev–Trinajstić information content (AvgIpc) is 2.71. The number of carbonyl (C=O) groups is 1. The zero-order valence-corrected chi connectivity index (χ0v) is 10.7. The summed E-state index contributed by atoms with van der Waals surface area (Å²) in [6.45, 7) is 4.57. The fraction of sp³-hybridized carbons (Fsp3) is 0.400. The van der Waals surface area contributed by atoms with Crippen LogP contribution in [-0.4, -0.2) is 18.6 Å². The lowest BCUT2D eigenvalue weighted by molar-refractivity contribution is -0.117. The molecule has 1 aromatic rings. The van der Waals surface area contributed by atoms with E-state index >= 15 is 0 Å². The molecule has 0 spiro atoms. The summed E-state index contributed by atoms with van der Waals surface area (Å²) >= 11 is 0. The summed E-state index contributed by atoms with van der Waals surface area (Å²) in [6, 6.07) is 7.56. The summed E-state index contributed by atoms with van der Waals surface area (Å²) in [4.78, 5) is 13.5. The zero-order valence-electron chi connectivity index (χ0n) is 10.7. The van der Waals surface area contributed by atoms with Crippen LogP contribution in [0.3, 0.4) is 0 Å². The third-order valence-electron chi connectivity index (χ3n) is 2.88. The number of ether oxygens (including phenoxy) is 1. The molecule has 1 fully saturated rings. The lowest BCUT2D eigenvalue weighted by Gasteiger charge is -2.17. The summed E-state index contributed by atoms with van der Waals surface area (Å²) in [5.74, 6) is 3.58. The van der Waals surface area contributed by atoms with Gasteiger partial charge in [0.25, 0.3) is 0 Å². The van der Waals surface area contributed by atoms with Gasteiger partial charge < -0.3 is 9.64 Å². The molecule has 0 N–H and O–H groups in total. The quantitative estimate of drug-likeness (QED) is 0.763. The van der Waals surface area contributed by atoms with Crippen LogP contribution in [0.15, 0.2) is 24.3 Å². The van der Waals surface area contributed by atoms with Crippen LogP contribution in [0.2, 0.25) is 0 Å². The van der Waals surface area contributed by atoms with Gasteiger partial charge in [-0.1, -0.05) is 0 Å². The zero-order chi connectivity index (χ0) is 13.1. The van der Waals surface area contributed by atoms with Gasteiger partial charge in [0.05, 0.1) is 6.10 Å². The molecule has 1 aliphatic heterocycles. The first-order chi connectivity index (χ1) is 8.60. The van der Waals surface area contributed by atoms with Gasteiger partial charge in [0.1, 0.15) is 5.75 Å². The second kappa shape index (κ2) is 5.14.